The Labute approximate surface area is 121 Å². The Morgan fingerprint density at radius 3 is 2.70 bits per heavy atom. The van der Waals surface area contributed by atoms with E-state index in [-0.39, 0.29) is 34.6 Å². The fourth-order valence-electron chi connectivity index (χ4n) is 5.61. The van der Waals surface area contributed by atoms with Crippen LogP contribution in [0.3, 0.4) is 0 Å². The summed E-state index contributed by atoms with van der Waals surface area (Å²) in [6.07, 6.45) is 5.87. The Bertz CT molecular complexity index is 436. The number of esters is 1. The summed E-state index contributed by atoms with van der Waals surface area (Å²) >= 11 is 0. The lowest BCUT2D eigenvalue weighted by atomic mass is 9.41. The Balaban J connectivity index is 2.03. The molecule has 0 aromatic heterocycles. The van der Waals surface area contributed by atoms with Crippen LogP contribution in [0.4, 0.5) is 0 Å². The van der Waals surface area contributed by atoms with Gasteiger partial charge in [-0.15, -0.1) is 0 Å². The highest BCUT2D eigenvalue weighted by atomic mass is 16.5. The van der Waals surface area contributed by atoms with Crippen molar-refractivity contribution in [1.29, 1.82) is 0 Å². The quantitative estimate of drug-likeness (QED) is 0.727. The lowest BCUT2D eigenvalue weighted by Gasteiger charge is -2.61. The zero-order chi connectivity index (χ0) is 14.5. The Hall–Kier alpha value is -0.860. The number of Topliss-reactive ketones (excluding diaryl/α,β-unsaturated/α-hetero) is 1. The summed E-state index contributed by atoms with van der Waals surface area (Å²) in [7, 11) is 0. The van der Waals surface area contributed by atoms with Gasteiger partial charge in [-0.3, -0.25) is 9.59 Å². The van der Waals surface area contributed by atoms with Crippen molar-refractivity contribution in [2.24, 2.45) is 28.6 Å². The van der Waals surface area contributed by atoms with Crippen LogP contribution < -0.4 is 0 Å². The lowest BCUT2D eigenvalue weighted by Crippen LogP contribution is -2.62. The molecule has 0 aromatic rings. The van der Waals surface area contributed by atoms with Gasteiger partial charge in [-0.1, -0.05) is 20.3 Å². The fraction of sp³-hybridized carbons (Fsp3) is 0.882. The molecule has 4 rings (SSSR count). The normalized spacial score (nSPS) is 42.1. The summed E-state index contributed by atoms with van der Waals surface area (Å²) in [5, 5.41) is 0. The Morgan fingerprint density at radius 1 is 1.30 bits per heavy atom. The van der Waals surface area contributed by atoms with Crippen molar-refractivity contribution in [2.45, 2.75) is 59.3 Å². The highest BCUT2D eigenvalue weighted by Crippen LogP contribution is 2.65. The first-order chi connectivity index (χ1) is 9.42. The summed E-state index contributed by atoms with van der Waals surface area (Å²) in [5.41, 5.74) is -0.141. The van der Waals surface area contributed by atoms with Gasteiger partial charge in [0.05, 0.1) is 12.5 Å². The van der Waals surface area contributed by atoms with Crippen LogP contribution in [0.25, 0.3) is 0 Å². The third kappa shape index (κ3) is 1.78. The van der Waals surface area contributed by atoms with Gasteiger partial charge in [0.15, 0.2) is 0 Å². The second-order valence-corrected chi connectivity index (χ2v) is 7.68. The van der Waals surface area contributed by atoms with Gasteiger partial charge in [0.25, 0.3) is 0 Å². The maximum Gasteiger partial charge on any atom is 0.309 e. The summed E-state index contributed by atoms with van der Waals surface area (Å²) in [6, 6.07) is 0. The van der Waals surface area contributed by atoms with Crippen molar-refractivity contribution in [2.75, 3.05) is 6.61 Å². The number of hydrogen-bond donors (Lipinski definition) is 0. The van der Waals surface area contributed by atoms with E-state index in [4.69, 9.17) is 4.74 Å². The van der Waals surface area contributed by atoms with Crippen molar-refractivity contribution in [1.82, 2.24) is 0 Å². The molecule has 20 heavy (non-hydrogen) atoms. The maximum atomic E-state index is 12.7. The van der Waals surface area contributed by atoms with Crippen LogP contribution in [-0.4, -0.2) is 18.4 Å². The predicted molar refractivity (Wildman–Crippen MR) is 76.0 cm³/mol. The molecule has 2 bridgehead atoms. The van der Waals surface area contributed by atoms with E-state index >= 15 is 0 Å². The van der Waals surface area contributed by atoms with Crippen molar-refractivity contribution < 1.29 is 14.3 Å². The third-order valence-corrected chi connectivity index (χ3v) is 6.27. The monoisotopic (exact) mass is 278 g/mol. The van der Waals surface area contributed by atoms with Gasteiger partial charge < -0.3 is 4.74 Å². The number of fused-ring (bicyclic) bond motifs is 2. The average Bonchev–Trinajstić information content (AvgIpc) is 2.38. The Morgan fingerprint density at radius 2 is 2.05 bits per heavy atom. The van der Waals surface area contributed by atoms with Crippen LogP contribution in [0.1, 0.15) is 59.3 Å². The molecular formula is C17H26O3. The first-order valence-corrected chi connectivity index (χ1v) is 8.12. The maximum absolute atomic E-state index is 12.7. The number of rotatable bonds is 2. The second-order valence-electron chi connectivity index (χ2n) is 7.68. The van der Waals surface area contributed by atoms with Crippen LogP contribution in [0.2, 0.25) is 0 Å². The van der Waals surface area contributed by atoms with Crippen molar-refractivity contribution >= 4 is 11.8 Å². The van der Waals surface area contributed by atoms with Gasteiger partial charge in [0, 0.05) is 11.8 Å². The van der Waals surface area contributed by atoms with Gasteiger partial charge >= 0.3 is 5.97 Å². The molecule has 0 N–H and O–H groups in total. The molecule has 4 saturated carbocycles. The van der Waals surface area contributed by atoms with Crippen LogP contribution in [0.5, 0.6) is 0 Å². The standard InChI is InChI=1S/C17H26O3/c1-4-20-15(19)13-11-6-9-17(12(18)10-11)8-5-7-16(2,3)14(13)17/h11,13-14H,4-10H2,1-3H3/t11-,13+,14+,17+/m1/s1. The van der Waals surface area contributed by atoms with Crippen LogP contribution >= 0.6 is 0 Å². The van der Waals surface area contributed by atoms with Crippen LogP contribution in [0.15, 0.2) is 0 Å². The van der Waals surface area contributed by atoms with Gasteiger partial charge in [-0.25, -0.2) is 0 Å². The van der Waals surface area contributed by atoms with Gasteiger partial charge in [-0.05, 0) is 49.9 Å². The first kappa shape index (κ1) is 14.1. The van der Waals surface area contributed by atoms with Crippen molar-refractivity contribution in [3.8, 4) is 0 Å². The molecule has 4 fully saturated rings. The zero-order valence-electron chi connectivity index (χ0n) is 12.9. The van der Waals surface area contributed by atoms with E-state index in [2.05, 4.69) is 13.8 Å². The minimum absolute atomic E-state index is 0.0447. The molecule has 112 valence electrons. The molecule has 3 nitrogen and oxygen atoms in total. The fourth-order valence-corrected chi connectivity index (χ4v) is 5.61. The molecule has 4 atom stereocenters. The van der Waals surface area contributed by atoms with Gasteiger partial charge in [-0.2, -0.15) is 0 Å². The van der Waals surface area contributed by atoms with Crippen molar-refractivity contribution in [3.05, 3.63) is 0 Å². The second kappa shape index (κ2) is 4.57. The minimum Gasteiger partial charge on any atom is -0.466 e. The molecule has 1 spiro atoms. The van der Waals surface area contributed by atoms with E-state index in [1.54, 1.807) is 0 Å². The van der Waals surface area contributed by atoms with E-state index in [1.165, 1.54) is 0 Å². The smallest absolute Gasteiger partial charge is 0.309 e. The number of hydrogen-bond acceptors (Lipinski definition) is 3. The summed E-state index contributed by atoms with van der Waals surface area (Å²) in [6.45, 7) is 6.81. The Kier molecular flexibility index (Phi) is 3.22. The van der Waals surface area contributed by atoms with Crippen molar-refractivity contribution in [3.63, 3.8) is 0 Å². The lowest BCUT2D eigenvalue weighted by molar-refractivity contribution is -0.187. The van der Waals surface area contributed by atoms with E-state index in [0.29, 0.717) is 18.8 Å². The minimum atomic E-state index is -0.214. The predicted octanol–water partition coefficient (Wildman–Crippen LogP) is 3.36. The zero-order valence-corrected chi connectivity index (χ0v) is 12.9. The average molecular weight is 278 g/mol. The number of carbonyl (C=O) groups excluding carboxylic acids is 2. The molecule has 0 radical (unpaired) electrons. The largest absolute Gasteiger partial charge is 0.466 e. The van der Waals surface area contributed by atoms with Gasteiger partial charge in [0.1, 0.15) is 5.78 Å². The SMILES string of the molecule is CCOC(=O)[C@H]1[C@@H]2CC[C@@]3(CCCC(C)(C)[C@H]13)C(=O)C2. The molecule has 3 heteroatoms. The summed E-state index contributed by atoms with van der Waals surface area (Å²) in [4.78, 5) is 25.2. The van der Waals surface area contributed by atoms with E-state index in [1.807, 2.05) is 6.92 Å². The molecule has 0 unspecified atom stereocenters. The van der Waals surface area contributed by atoms with E-state index in [9.17, 15) is 9.59 Å². The van der Waals surface area contributed by atoms with E-state index < -0.39 is 0 Å². The molecular weight excluding hydrogens is 252 g/mol. The summed E-state index contributed by atoms with van der Waals surface area (Å²) < 4.78 is 5.36. The molecule has 0 aromatic carbocycles. The number of ketones is 1. The third-order valence-electron chi connectivity index (χ3n) is 6.27. The number of carbonyl (C=O) groups is 2. The summed E-state index contributed by atoms with van der Waals surface area (Å²) in [5.74, 6) is 0.770. The van der Waals surface area contributed by atoms with Crippen LogP contribution in [-0.2, 0) is 14.3 Å². The molecule has 0 saturated heterocycles. The van der Waals surface area contributed by atoms with E-state index in [0.717, 1.165) is 32.1 Å². The molecule has 0 amide bonds. The number of ether oxygens (including phenoxy) is 1. The van der Waals surface area contributed by atoms with Gasteiger partial charge in [0.2, 0.25) is 0 Å². The highest BCUT2D eigenvalue weighted by molar-refractivity contribution is 5.90. The molecule has 4 aliphatic rings. The molecule has 4 aliphatic carbocycles. The highest BCUT2D eigenvalue weighted by Gasteiger charge is 2.65. The first-order valence-electron chi connectivity index (χ1n) is 8.12. The van der Waals surface area contributed by atoms with Crippen LogP contribution in [0, 0.1) is 28.6 Å². The molecule has 0 heterocycles. The molecule has 0 aliphatic heterocycles. The topological polar surface area (TPSA) is 43.4 Å².